The topological polar surface area (TPSA) is 65.7 Å². The summed E-state index contributed by atoms with van der Waals surface area (Å²) in [5, 5.41) is 0.775. The fourth-order valence-electron chi connectivity index (χ4n) is 3.17. The van der Waals surface area contributed by atoms with Crippen LogP contribution in [0.15, 0.2) is 51.7 Å². The molecule has 27 heavy (non-hydrogen) atoms. The van der Waals surface area contributed by atoms with Gasteiger partial charge in [0.1, 0.15) is 23.5 Å². The fraction of sp³-hybridized carbons (Fsp3) is 0.273. The Balaban J connectivity index is 1.95. The maximum Gasteiger partial charge on any atom is 0.342 e. The van der Waals surface area contributed by atoms with Crippen molar-refractivity contribution in [1.82, 2.24) is 0 Å². The lowest BCUT2D eigenvalue weighted by atomic mass is 9.95. The van der Waals surface area contributed by atoms with Crippen LogP contribution in [-0.2, 0) is 11.3 Å². The van der Waals surface area contributed by atoms with Gasteiger partial charge in [0, 0.05) is 17.0 Å². The molecule has 1 aromatic heterocycles. The highest BCUT2D eigenvalue weighted by Crippen LogP contribution is 2.27. The average molecular weight is 366 g/mol. The van der Waals surface area contributed by atoms with Crippen LogP contribution < -0.4 is 10.4 Å². The average Bonchev–Trinajstić information content (AvgIpc) is 2.64. The lowest BCUT2D eigenvalue weighted by Crippen LogP contribution is -2.09. The highest BCUT2D eigenvalue weighted by molar-refractivity contribution is 5.92. The molecule has 1 heterocycles. The lowest BCUT2D eigenvalue weighted by molar-refractivity contribution is 0.0470. The van der Waals surface area contributed by atoms with Gasteiger partial charge in [0.25, 0.3) is 0 Å². The molecule has 0 aliphatic carbocycles. The summed E-state index contributed by atoms with van der Waals surface area (Å²) in [6.45, 7) is 6.17. The molecule has 5 heteroatoms. The summed E-state index contributed by atoms with van der Waals surface area (Å²) in [7, 11) is 1.50. The first-order valence-electron chi connectivity index (χ1n) is 8.78. The summed E-state index contributed by atoms with van der Waals surface area (Å²) in [5.74, 6) is 0.257. The van der Waals surface area contributed by atoms with Crippen LogP contribution in [0.5, 0.6) is 5.75 Å². The summed E-state index contributed by atoms with van der Waals surface area (Å²) in [6, 6.07) is 12.1. The van der Waals surface area contributed by atoms with E-state index in [4.69, 9.17) is 13.9 Å². The Hall–Kier alpha value is -3.08. The predicted octanol–water partition coefficient (Wildman–Crippen LogP) is 4.59. The van der Waals surface area contributed by atoms with Gasteiger partial charge in [-0.2, -0.15) is 0 Å². The molecule has 0 radical (unpaired) electrons. The molecule has 0 aliphatic rings. The third-order valence-corrected chi connectivity index (χ3v) is 4.52. The minimum atomic E-state index is -0.509. The largest absolute Gasteiger partial charge is 0.496 e. The normalized spacial score (nSPS) is 11.0. The van der Waals surface area contributed by atoms with E-state index in [-0.39, 0.29) is 6.61 Å². The second-order valence-corrected chi connectivity index (χ2v) is 6.73. The summed E-state index contributed by atoms with van der Waals surface area (Å²) >= 11 is 0. The van der Waals surface area contributed by atoms with Crippen molar-refractivity contribution in [2.45, 2.75) is 33.3 Å². The Morgan fingerprint density at radius 3 is 2.59 bits per heavy atom. The second-order valence-electron chi connectivity index (χ2n) is 6.73. The molecule has 0 spiro atoms. The second kappa shape index (κ2) is 7.66. The minimum absolute atomic E-state index is 0.0282. The molecule has 5 nitrogen and oxygen atoms in total. The quantitative estimate of drug-likeness (QED) is 0.488. The Bertz CT molecular complexity index is 1050. The number of ether oxygens (including phenoxy) is 2. The molecule has 0 amide bonds. The molecular weight excluding hydrogens is 344 g/mol. The molecule has 0 unspecified atom stereocenters. The molecule has 0 N–H and O–H groups in total. The number of rotatable bonds is 5. The van der Waals surface area contributed by atoms with Crippen molar-refractivity contribution < 1.29 is 18.7 Å². The summed E-state index contributed by atoms with van der Waals surface area (Å²) in [5.41, 5.74) is 3.20. The van der Waals surface area contributed by atoms with Gasteiger partial charge in [-0.05, 0) is 48.2 Å². The Labute approximate surface area is 157 Å². The van der Waals surface area contributed by atoms with Gasteiger partial charge in [-0.3, -0.25) is 0 Å². The zero-order valence-corrected chi connectivity index (χ0v) is 15.9. The minimum Gasteiger partial charge on any atom is -0.496 e. The number of para-hydroxylation sites is 1. The molecule has 0 saturated heterocycles. The van der Waals surface area contributed by atoms with E-state index in [1.165, 1.54) is 13.2 Å². The summed E-state index contributed by atoms with van der Waals surface area (Å²) in [6.07, 6.45) is 0. The van der Waals surface area contributed by atoms with Gasteiger partial charge in [-0.1, -0.05) is 26.0 Å². The van der Waals surface area contributed by atoms with Gasteiger partial charge < -0.3 is 13.9 Å². The van der Waals surface area contributed by atoms with Gasteiger partial charge in [0.05, 0.1) is 7.11 Å². The van der Waals surface area contributed by atoms with Crippen LogP contribution in [0.2, 0.25) is 0 Å². The van der Waals surface area contributed by atoms with Crippen LogP contribution in [0.1, 0.15) is 46.8 Å². The van der Waals surface area contributed by atoms with Gasteiger partial charge in [-0.15, -0.1) is 0 Å². The number of carbonyl (C=O) groups is 1. The molecule has 0 aliphatic heterocycles. The maximum atomic E-state index is 12.4. The zero-order chi connectivity index (χ0) is 19.6. The molecule has 0 fully saturated rings. The van der Waals surface area contributed by atoms with Gasteiger partial charge >= 0.3 is 11.6 Å². The Morgan fingerprint density at radius 2 is 1.89 bits per heavy atom. The molecule has 0 atom stereocenters. The Morgan fingerprint density at radius 1 is 1.15 bits per heavy atom. The van der Waals surface area contributed by atoms with E-state index < -0.39 is 11.6 Å². The third-order valence-electron chi connectivity index (χ3n) is 4.52. The van der Waals surface area contributed by atoms with Crippen LogP contribution in [0.25, 0.3) is 11.0 Å². The van der Waals surface area contributed by atoms with Crippen molar-refractivity contribution in [3.8, 4) is 5.75 Å². The van der Waals surface area contributed by atoms with Gasteiger partial charge in [0.2, 0.25) is 0 Å². The van der Waals surface area contributed by atoms with E-state index in [2.05, 4.69) is 13.8 Å². The number of carbonyl (C=O) groups excluding carboxylic acids is 1. The fourth-order valence-corrected chi connectivity index (χ4v) is 3.17. The highest BCUT2D eigenvalue weighted by atomic mass is 16.5. The number of esters is 1. The molecule has 140 valence electrons. The smallest absolute Gasteiger partial charge is 0.342 e. The zero-order valence-electron chi connectivity index (χ0n) is 15.9. The first-order valence-corrected chi connectivity index (χ1v) is 8.78. The van der Waals surface area contributed by atoms with Crippen molar-refractivity contribution in [1.29, 1.82) is 0 Å². The maximum absolute atomic E-state index is 12.4. The van der Waals surface area contributed by atoms with Crippen molar-refractivity contribution in [3.63, 3.8) is 0 Å². The summed E-state index contributed by atoms with van der Waals surface area (Å²) < 4.78 is 16.0. The monoisotopic (exact) mass is 366 g/mol. The first kappa shape index (κ1) is 18.7. The van der Waals surface area contributed by atoms with Gasteiger partial charge in [-0.25, -0.2) is 9.59 Å². The molecule has 0 saturated carbocycles. The van der Waals surface area contributed by atoms with Crippen molar-refractivity contribution in [2.75, 3.05) is 7.11 Å². The van der Waals surface area contributed by atoms with Crippen molar-refractivity contribution >= 4 is 16.9 Å². The third kappa shape index (κ3) is 3.87. The predicted molar refractivity (Wildman–Crippen MR) is 103 cm³/mol. The number of benzene rings is 2. The molecule has 3 rings (SSSR count). The Kier molecular flexibility index (Phi) is 5.31. The van der Waals surface area contributed by atoms with E-state index in [9.17, 15) is 9.59 Å². The van der Waals surface area contributed by atoms with Crippen LogP contribution >= 0.6 is 0 Å². The molecule has 2 aromatic carbocycles. The number of methoxy groups -OCH3 is 1. The SMILES string of the molecule is COc1ccccc1C(=O)OCc1cc(=O)oc2cc(C)c(C(C)C)cc12. The van der Waals surface area contributed by atoms with Crippen molar-refractivity contribution in [2.24, 2.45) is 0 Å². The molecular formula is C22H22O5. The molecule has 0 bridgehead atoms. The number of fused-ring (bicyclic) bond motifs is 1. The van der Waals surface area contributed by atoms with Crippen LogP contribution in [0.3, 0.4) is 0 Å². The van der Waals surface area contributed by atoms with E-state index in [0.29, 0.717) is 28.4 Å². The standard InChI is InChI=1S/C22H22O5/c1-13(2)17-11-18-15(10-21(23)27-20(18)9-14(17)3)12-26-22(24)16-7-5-6-8-19(16)25-4/h5-11,13H,12H2,1-4H3. The lowest BCUT2D eigenvalue weighted by Gasteiger charge is -2.13. The highest BCUT2D eigenvalue weighted by Gasteiger charge is 2.16. The number of hydrogen-bond acceptors (Lipinski definition) is 5. The van der Waals surface area contributed by atoms with Crippen molar-refractivity contribution in [3.05, 3.63) is 75.1 Å². The summed E-state index contributed by atoms with van der Waals surface area (Å²) in [4.78, 5) is 24.4. The van der Waals surface area contributed by atoms with Gasteiger partial charge in [0.15, 0.2) is 0 Å². The number of hydrogen-bond donors (Lipinski definition) is 0. The van der Waals surface area contributed by atoms with E-state index in [1.807, 2.05) is 19.1 Å². The van der Waals surface area contributed by atoms with Crippen LogP contribution in [-0.4, -0.2) is 13.1 Å². The first-order chi connectivity index (χ1) is 12.9. The van der Waals surface area contributed by atoms with E-state index >= 15 is 0 Å². The molecule has 3 aromatic rings. The number of aryl methyl sites for hydroxylation is 1. The van der Waals surface area contributed by atoms with E-state index in [1.54, 1.807) is 24.3 Å². The van der Waals surface area contributed by atoms with Crippen LogP contribution in [0, 0.1) is 6.92 Å². The van der Waals surface area contributed by atoms with E-state index in [0.717, 1.165) is 16.5 Å². The van der Waals surface area contributed by atoms with Crippen LogP contribution in [0.4, 0.5) is 0 Å².